The number of nitrogens with zero attached hydrogens (tertiary/aromatic N) is 1. The first-order chi connectivity index (χ1) is 13.9. The first-order valence-electron chi connectivity index (χ1n) is 9.75. The highest BCUT2D eigenvalue weighted by Crippen LogP contribution is 2.17. The Kier molecular flexibility index (Phi) is 6.45. The van der Waals surface area contributed by atoms with Crippen molar-refractivity contribution in [2.75, 3.05) is 12.4 Å². The van der Waals surface area contributed by atoms with Gasteiger partial charge < -0.3 is 10.2 Å². The molecule has 29 heavy (non-hydrogen) atoms. The molecule has 0 aromatic heterocycles. The van der Waals surface area contributed by atoms with E-state index in [0.29, 0.717) is 29.3 Å². The van der Waals surface area contributed by atoms with Crippen LogP contribution in [0.25, 0.3) is 0 Å². The van der Waals surface area contributed by atoms with Crippen LogP contribution in [-0.2, 0) is 6.54 Å². The van der Waals surface area contributed by atoms with Crippen molar-refractivity contribution in [2.45, 2.75) is 26.3 Å². The Morgan fingerprint density at radius 1 is 0.862 bits per heavy atom. The zero-order chi connectivity index (χ0) is 20.8. The number of hydrogen-bond acceptors (Lipinski definition) is 2. The van der Waals surface area contributed by atoms with E-state index >= 15 is 0 Å². The normalized spacial score (nSPS) is 10.6. The average Bonchev–Trinajstić information content (AvgIpc) is 2.74. The summed E-state index contributed by atoms with van der Waals surface area (Å²) in [6, 6.07) is 24.5. The highest BCUT2D eigenvalue weighted by molar-refractivity contribution is 6.05. The van der Waals surface area contributed by atoms with Crippen molar-refractivity contribution in [2.24, 2.45) is 0 Å². The van der Waals surface area contributed by atoms with E-state index in [-0.39, 0.29) is 11.8 Å². The quantitative estimate of drug-likeness (QED) is 0.622. The summed E-state index contributed by atoms with van der Waals surface area (Å²) in [6.07, 6.45) is 0. The Balaban J connectivity index is 1.68. The van der Waals surface area contributed by atoms with Crippen LogP contribution < -0.4 is 5.32 Å². The van der Waals surface area contributed by atoms with Gasteiger partial charge in [0, 0.05) is 30.4 Å². The smallest absolute Gasteiger partial charge is 0.255 e. The molecule has 3 rings (SSSR count). The second kappa shape index (κ2) is 9.20. The molecule has 4 nitrogen and oxygen atoms in total. The Hall–Kier alpha value is -3.40. The van der Waals surface area contributed by atoms with Crippen LogP contribution in [0.1, 0.15) is 51.6 Å². The van der Waals surface area contributed by atoms with Gasteiger partial charge in [-0.05, 0) is 47.4 Å². The van der Waals surface area contributed by atoms with Crippen molar-refractivity contribution < 1.29 is 9.59 Å². The zero-order valence-corrected chi connectivity index (χ0v) is 17.1. The Morgan fingerprint density at radius 2 is 1.55 bits per heavy atom. The molecule has 0 unspecified atom stereocenters. The van der Waals surface area contributed by atoms with Crippen LogP contribution in [0.3, 0.4) is 0 Å². The molecule has 0 saturated carbocycles. The van der Waals surface area contributed by atoms with Gasteiger partial charge in [0.15, 0.2) is 0 Å². The minimum absolute atomic E-state index is 0.0914. The molecule has 0 fully saturated rings. The van der Waals surface area contributed by atoms with Gasteiger partial charge in [0.05, 0.1) is 0 Å². The van der Waals surface area contributed by atoms with Gasteiger partial charge in [-0.2, -0.15) is 0 Å². The summed E-state index contributed by atoms with van der Waals surface area (Å²) < 4.78 is 0. The van der Waals surface area contributed by atoms with Crippen LogP contribution in [-0.4, -0.2) is 23.8 Å². The fraction of sp³-hybridized carbons (Fsp3) is 0.200. The minimum atomic E-state index is -0.192. The summed E-state index contributed by atoms with van der Waals surface area (Å²) in [5.41, 5.74) is 3.99. The molecule has 3 aromatic rings. The first-order valence-corrected chi connectivity index (χ1v) is 9.75. The molecule has 0 bridgehead atoms. The van der Waals surface area contributed by atoms with E-state index in [1.165, 1.54) is 5.56 Å². The van der Waals surface area contributed by atoms with E-state index in [0.717, 1.165) is 5.56 Å². The topological polar surface area (TPSA) is 49.4 Å². The minimum Gasteiger partial charge on any atom is -0.337 e. The number of hydrogen-bond donors (Lipinski definition) is 1. The molecule has 1 N–H and O–H groups in total. The third-order valence-corrected chi connectivity index (χ3v) is 4.82. The number of carbonyl (C=O) groups is 2. The summed E-state index contributed by atoms with van der Waals surface area (Å²) in [4.78, 5) is 27.0. The van der Waals surface area contributed by atoms with Crippen molar-refractivity contribution in [3.63, 3.8) is 0 Å². The van der Waals surface area contributed by atoms with E-state index in [2.05, 4.69) is 19.2 Å². The van der Waals surface area contributed by atoms with Gasteiger partial charge in [-0.1, -0.05) is 62.4 Å². The van der Waals surface area contributed by atoms with E-state index in [4.69, 9.17) is 0 Å². The zero-order valence-electron chi connectivity index (χ0n) is 17.1. The molecule has 4 heteroatoms. The average molecular weight is 386 g/mol. The van der Waals surface area contributed by atoms with Crippen LogP contribution in [0.15, 0.2) is 78.9 Å². The number of benzene rings is 3. The summed E-state index contributed by atoms with van der Waals surface area (Å²) >= 11 is 0. The highest BCUT2D eigenvalue weighted by atomic mass is 16.2. The predicted molar refractivity (Wildman–Crippen MR) is 117 cm³/mol. The lowest BCUT2D eigenvalue weighted by atomic mass is 10.0. The van der Waals surface area contributed by atoms with Crippen molar-refractivity contribution in [3.8, 4) is 0 Å². The number of carbonyl (C=O) groups excluding carboxylic acids is 2. The predicted octanol–water partition coefficient (Wildman–Crippen LogP) is 5.33. The summed E-state index contributed by atoms with van der Waals surface area (Å²) in [6.45, 7) is 4.76. The number of rotatable bonds is 6. The molecule has 2 amide bonds. The lowest BCUT2D eigenvalue weighted by Gasteiger charge is -2.18. The van der Waals surface area contributed by atoms with Gasteiger partial charge in [-0.25, -0.2) is 0 Å². The van der Waals surface area contributed by atoms with Gasteiger partial charge in [-0.15, -0.1) is 0 Å². The molecule has 0 spiro atoms. The Bertz CT molecular complexity index is 979. The van der Waals surface area contributed by atoms with Crippen LogP contribution >= 0.6 is 0 Å². The molecule has 0 radical (unpaired) electrons. The maximum absolute atomic E-state index is 12.8. The molecule has 0 aliphatic heterocycles. The standard InChI is InChI=1S/C25H26N2O2/c1-18(2)20-12-14-21(15-13-20)24(28)26-23-11-7-10-22(16-23)25(29)27(3)17-19-8-5-4-6-9-19/h4-16,18H,17H2,1-3H3,(H,26,28). The summed E-state index contributed by atoms with van der Waals surface area (Å²) in [7, 11) is 1.77. The van der Waals surface area contributed by atoms with E-state index in [9.17, 15) is 9.59 Å². The van der Waals surface area contributed by atoms with Gasteiger partial charge in [0.1, 0.15) is 0 Å². The lowest BCUT2D eigenvalue weighted by molar-refractivity contribution is 0.0784. The van der Waals surface area contributed by atoms with Crippen molar-refractivity contribution in [3.05, 3.63) is 101 Å². The summed E-state index contributed by atoms with van der Waals surface area (Å²) in [5, 5.41) is 2.88. The molecule has 148 valence electrons. The molecule has 0 heterocycles. The third kappa shape index (κ3) is 5.32. The monoisotopic (exact) mass is 386 g/mol. The lowest BCUT2D eigenvalue weighted by Crippen LogP contribution is -2.26. The number of nitrogens with one attached hydrogen (secondary N) is 1. The van der Waals surface area contributed by atoms with Gasteiger partial charge in [-0.3, -0.25) is 9.59 Å². The Labute approximate surface area is 172 Å². The van der Waals surface area contributed by atoms with Crippen LogP contribution in [0.4, 0.5) is 5.69 Å². The molecule has 0 aliphatic carbocycles. The van der Waals surface area contributed by atoms with Gasteiger partial charge in [0.2, 0.25) is 0 Å². The van der Waals surface area contributed by atoms with Gasteiger partial charge in [0.25, 0.3) is 11.8 Å². The molecular formula is C25H26N2O2. The number of amides is 2. The van der Waals surface area contributed by atoms with E-state index < -0.39 is 0 Å². The summed E-state index contributed by atoms with van der Waals surface area (Å²) in [5.74, 6) is 0.136. The molecule has 0 aliphatic rings. The van der Waals surface area contributed by atoms with Crippen molar-refractivity contribution >= 4 is 17.5 Å². The molecule has 3 aromatic carbocycles. The van der Waals surface area contributed by atoms with Crippen LogP contribution in [0, 0.1) is 0 Å². The van der Waals surface area contributed by atoms with E-state index in [1.807, 2.05) is 54.6 Å². The van der Waals surface area contributed by atoms with Crippen molar-refractivity contribution in [1.82, 2.24) is 4.90 Å². The molecule has 0 atom stereocenters. The largest absolute Gasteiger partial charge is 0.337 e. The maximum atomic E-state index is 12.8. The molecular weight excluding hydrogens is 360 g/mol. The Morgan fingerprint density at radius 3 is 2.21 bits per heavy atom. The SMILES string of the molecule is CC(C)c1ccc(C(=O)Nc2cccc(C(=O)N(C)Cc3ccccc3)c2)cc1. The van der Waals surface area contributed by atoms with Crippen molar-refractivity contribution in [1.29, 1.82) is 0 Å². The third-order valence-electron chi connectivity index (χ3n) is 4.82. The highest BCUT2D eigenvalue weighted by Gasteiger charge is 2.14. The second-order valence-electron chi connectivity index (χ2n) is 7.46. The van der Waals surface area contributed by atoms with Gasteiger partial charge >= 0.3 is 0 Å². The second-order valence-corrected chi connectivity index (χ2v) is 7.46. The van der Waals surface area contributed by atoms with Crippen LogP contribution in [0.2, 0.25) is 0 Å². The fourth-order valence-corrected chi connectivity index (χ4v) is 3.10. The number of anilines is 1. The fourth-order valence-electron chi connectivity index (χ4n) is 3.10. The first kappa shape index (κ1) is 20.3. The van der Waals surface area contributed by atoms with Crippen LogP contribution in [0.5, 0.6) is 0 Å². The maximum Gasteiger partial charge on any atom is 0.255 e. The molecule has 0 saturated heterocycles. The van der Waals surface area contributed by atoms with E-state index in [1.54, 1.807) is 36.2 Å².